The number of rotatable bonds is 9. The summed E-state index contributed by atoms with van der Waals surface area (Å²) < 4.78 is 7.10. The lowest BCUT2D eigenvalue weighted by Crippen LogP contribution is -2.30. The van der Waals surface area contributed by atoms with E-state index in [1.807, 2.05) is 62.4 Å². The number of aromatic nitrogens is 2. The summed E-state index contributed by atoms with van der Waals surface area (Å²) in [5, 5.41) is 6.67. The first-order chi connectivity index (χ1) is 18.4. The summed E-state index contributed by atoms with van der Waals surface area (Å²) in [5.41, 5.74) is 11.1. The van der Waals surface area contributed by atoms with Crippen molar-refractivity contribution in [2.75, 3.05) is 23.5 Å². The zero-order chi connectivity index (χ0) is 27.2. The van der Waals surface area contributed by atoms with Gasteiger partial charge in [-0.3, -0.25) is 9.36 Å². The fourth-order valence-electron chi connectivity index (χ4n) is 4.77. The van der Waals surface area contributed by atoms with E-state index in [-0.39, 0.29) is 11.2 Å². The Morgan fingerprint density at radius 1 is 1.00 bits per heavy atom. The number of nitrogens with one attached hydrogen (secondary N) is 2. The molecule has 0 radical (unpaired) electrons. The largest absolute Gasteiger partial charge is 0.497 e. The summed E-state index contributed by atoms with van der Waals surface area (Å²) in [4.78, 5) is 32.0. The van der Waals surface area contributed by atoms with Crippen LogP contribution in [-0.2, 0) is 19.4 Å². The molecule has 0 spiro atoms. The van der Waals surface area contributed by atoms with Gasteiger partial charge in [-0.1, -0.05) is 39.3 Å². The van der Waals surface area contributed by atoms with Crippen molar-refractivity contribution in [2.24, 2.45) is 0 Å². The van der Waals surface area contributed by atoms with Crippen LogP contribution in [0.4, 0.5) is 21.9 Å². The molecule has 4 rings (SSSR count). The van der Waals surface area contributed by atoms with Crippen LogP contribution < -0.4 is 26.7 Å². The van der Waals surface area contributed by atoms with E-state index in [2.05, 4.69) is 22.5 Å². The topological polar surface area (TPSA) is 111 Å². The van der Waals surface area contributed by atoms with Crippen molar-refractivity contribution in [3.8, 4) is 16.9 Å². The number of amides is 2. The van der Waals surface area contributed by atoms with Crippen LogP contribution >= 0.6 is 0 Å². The number of ether oxygens (including phenoxy) is 1. The van der Waals surface area contributed by atoms with Gasteiger partial charge in [0.05, 0.1) is 7.11 Å². The second kappa shape index (κ2) is 11.8. The SMILES string of the molecule is CCCCn1c(=O)c(NC(=O)Nc2c(CC)cc(N)cc2CC)c(-c2cccc(OC)c2)c2cccnc21. The Bertz CT molecular complexity index is 1500. The Labute approximate surface area is 222 Å². The Morgan fingerprint density at radius 3 is 2.37 bits per heavy atom. The molecule has 0 atom stereocenters. The molecule has 2 heterocycles. The van der Waals surface area contributed by atoms with Gasteiger partial charge >= 0.3 is 6.03 Å². The van der Waals surface area contributed by atoms with Gasteiger partial charge in [-0.05, 0) is 72.4 Å². The highest BCUT2D eigenvalue weighted by Gasteiger charge is 2.22. The number of nitrogens with two attached hydrogens (primary N) is 1. The first-order valence-electron chi connectivity index (χ1n) is 13.1. The number of hydrogen-bond donors (Lipinski definition) is 3. The van der Waals surface area contributed by atoms with E-state index in [1.54, 1.807) is 17.9 Å². The molecule has 0 unspecified atom stereocenters. The number of anilines is 3. The fraction of sp³-hybridized carbons (Fsp3) is 0.300. The molecule has 2 aromatic carbocycles. The summed E-state index contributed by atoms with van der Waals surface area (Å²) in [6, 6.07) is 14.5. The molecule has 2 aromatic heterocycles. The molecule has 4 aromatic rings. The molecule has 0 saturated heterocycles. The third-order valence-corrected chi connectivity index (χ3v) is 6.68. The molecule has 2 amide bonds. The van der Waals surface area contributed by atoms with Gasteiger partial charge in [0.25, 0.3) is 5.56 Å². The monoisotopic (exact) mass is 513 g/mol. The molecule has 8 heteroatoms. The van der Waals surface area contributed by atoms with Crippen molar-refractivity contribution >= 4 is 34.1 Å². The van der Waals surface area contributed by atoms with Gasteiger partial charge in [0.2, 0.25) is 0 Å². The summed E-state index contributed by atoms with van der Waals surface area (Å²) in [5.74, 6) is 0.646. The lowest BCUT2D eigenvalue weighted by atomic mass is 10.00. The molecule has 38 heavy (non-hydrogen) atoms. The normalized spacial score (nSPS) is 10.9. The van der Waals surface area contributed by atoms with Crippen LogP contribution in [0.1, 0.15) is 44.7 Å². The molecule has 0 fully saturated rings. The fourth-order valence-corrected chi connectivity index (χ4v) is 4.77. The predicted octanol–water partition coefficient (Wildman–Crippen LogP) is 6.22. The molecule has 4 N–H and O–H groups in total. The number of carbonyl (C=O) groups is 1. The maximum Gasteiger partial charge on any atom is 0.323 e. The Balaban J connectivity index is 1.89. The van der Waals surface area contributed by atoms with Crippen molar-refractivity contribution in [3.05, 3.63) is 76.2 Å². The number of benzene rings is 2. The molecule has 0 aliphatic carbocycles. The number of methoxy groups -OCH3 is 1. The van der Waals surface area contributed by atoms with Crippen LogP contribution in [0, 0.1) is 0 Å². The number of urea groups is 1. The minimum atomic E-state index is -0.495. The quantitative estimate of drug-likeness (QED) is 0.230. The highest BCUT2D eigenvalue weighted by atomic mass is 16.5. The van der Waals surface area contributed by atoms with Crippen LogP contribution in [-0.4, -0.2) is 22.7 Å². The number of unbranched alkanes of at least 4 members (excludes halogenated alkanes) is 1. The van der Waals surface area contributed by atoms with Crippen molar-refractivity contribution in [1.82, 2.24) is 9.55 Å². The standard InChI is InChI=1S/C30H35N5O3/c1-5-8-15-35-28-24(13-10-14-32-28)25(21-11-9-12-23(18-21)38-4)27(29(35)36)34-30(37)33-26-19(6-2)16-22(31)17-20(26)7-3/h9-14,16-18H,5-8,15,31H2,1-4H3,(H2,33,34,37). The summed E-state index contributed by atoms with van der Waals surface area (Å²) >= 11 is 0. The van der Waals surface area contributed by atoms with E-state index < -0.39 is 6.03 Å². The van der Waals surface area contributed by atoms with E-state index in [0.717, 1.165) is 40.6 Å². The van der Waals surface area contributed by atoms with Gasteiger partial charge in [0.1, 0.15) is 17.1 Å². The van der Waals surface area contributed by atoms with Gasteiger partial charge < -0.3 is 21.1 Å². The average Bonchev–Trinajstić information content (AvgIpc) is 2.93. The predicted molar refractivity (Wildman–Crippen MR) is 155 cm³/mol. The highest BCUT2D eigenvalue weighted by Crippen LogP contribution is 2.35. The highest BCUT2D eigenvalue weighted by molar-refractivity contribution is 6.07. The first-order valence-corrected chi connectivity index (χ1v) is 13.1. The molecule has 0 bridgehead atoms. The number of aryl methyl sites for hydroxylation is 3. The third kappa shape index (κ3) is 5.34. The molecular formula is C30H35N5O3. The number of nitrogens with zero attached hydrogens (tertiary/aromatic N) is 2. The minimum Gasteiger partial charge on any atom is -0.497 e. The van der Waals surface area contributed by atoms with Crippen molar-refractivity contribution in [1.29, 1.82) is 0 Å². The van der Waals surface area contributed by atoms with Gasteiger partial charge in [-0.2, -0.15) is 0 Å². The maximum absolute atomic E-state index is 13.9. The zero-order valence-electron chi connectivity index (χ0n) is 22.4. The van der Waals surface area contributed by atoms with Crippen LogP contribution in [0.15, 0.2) is 59.5 Å². The Hall–Kier alpha value is -4.33. The number of fused-ring (bicyclic) bond motifs is 1. The lowest BCUT2D eigenvalue weighted by Gasteiger charge is -2.20. The van der Waals surface area contributed by atoms with Gasteiger partial charge in [-0.15, -0.1) is 0 Å². The van der Waals surface area contributed by atoms with Crippen LogP contribution in [0.25, 0.3) is 22.2 Å². The molecular weight excluding hydrogens is 478 g/mol. The van der Waals surface area contributed by atoms with Gasteiger partial charge in [0, 0.05) is 35.1 Å². The first kappa shape index (κ1) is 26.7. The second-order valence-corrected chi connectivity index (χ2v) is 9.17. The zero-order valence-corrected chi connectivity index (χ0v) is 22.4. The Kier molecular flexibility index (Phi) is 8.31. The summed E-state index contributed by atoms with van der Waals surface area (Å²) in [6.07, 6.45) is 4.81. The van der Waals surface area contributed by atoms with E-state index in [0.29, 0.717) is 42.0 Å². The average molecular weight is 514 g/mol. The van der Waals surface area contributed by atoms with Crippen molar-refractivity contribution in [3.63, 3.8) is 0 Å². The minimum absolute atomic E-state index is 0.193. The molecule has 0 aliphatic heterocycles. The van der Waals surface area contributed by atoms with Crippen LogP contribution in [0.3, 0.4) is 0 Å². The van der Waals surface area contributed by atoms with Crippen LogP contribution in [0.2, 0.25) is 0 Å². The number of carbonyl (C=O) groups excluding carboxylic acids is 1. The Morgan fingerprint density at radius 2 is 1.71 bits per heavy atom. The molecule has 0 aliphatic rings. The third-order valence-electron chi connectivity index (χ3n) is 6.68. The van der Waals surface area contributed by atoms with E-state index in [4.69, 9.17) is 10.5 Å². The number of pyridine rings is 2. The second-order valence-electron chi connectivity index (χ2n) is 9.17. The number of hydrogen-bond acceptors (Lipinski definition) is 5. The van der Waals surface area contributed by atoms with Crippen molar-refractivity contribution in [2.45, 2.75) is 53.0 Å². The number of nitrogen functional groups attached to an aromatic ring is 1. The van der Waals surface area contributed by atoms with Gasteiger partial charge in [-0.25, -0.2) is 9.78 Å². The van der Waals surface area contributed by atoms with E-state index >= 15 is 0 Å². The molecule has 198 valence electrons. The summed E-state index contributed by atoms with van der Waals surface area (Å²) in [6.45, 7) is 6.60. The smallest absolute Gasteiger partial charge is 0.323 e. The summed E-state index contributed by atoms with van der Waals surface area (Å²) in [7, 11) is 1.59. The van der Waals surface area contributed by atoms with Crippen molar-refractivity contribution < 1.29 is 9.53 Å². The van der Waals surface area contributed by atoms with Crippen LogP contribution in [0.5, 0.6) is 5.75 Å². The van der Waals surface area contributed by atoms with E-state index in [9.17, 15) is 9.59 Å². The lowest BCUT2D eigenvalue weighted by molar-refractivity contribution is 0.262. The molecule has 0 saturated carbocycles. The molecule has 8 nitrogen and oxygen atoms in total. The van der Waals surface area contributed by atoms with Gasteiger partial charge in [0.15, 0.2) is 0 Å². The maximum atomic E-state index is 13.9. The van der Waals surface area contributed by atoms with E-state index in [1.165, 1.54) is 0 Å².